The Bertz CT molecular complexity index is 884. The highest BCUT2D eigenvalue weighted by molar-refractivity contribution is 5.71. The largest absolute Gasteiger partial charge is 0.496 e. The van der Waals surface area contributed by atoms with Crippen molar-refractivity contribution in [2.24, 2.45) is 0 Å². The van der Waals surface area contributed by atoms with Crippen LogP contribution in [0.1, 0.15) is 11.5 Å². The summed E-state index contributed by atoms with van der Waals surface area (Å²) >= 11 is 0. The molecule has 0 spiro atoms. The van der Waals surface area contributed by atoms with E-state index >= 15 is 0 Å². The smallest absolute Gasteiger partial charge is 0.231 e. The molecule has 0 aliphatic carbocycles. The van der Waals surface area contributed by atoms with Crippen LogP contribution in [0.2, 0.25) is 0 Å². The van der Waals surface area contributed by atoms with Gasteiger partial charge in [0.15, 0.2) is 11.5 Å². The fourth-order valence-electron chi connectivity index (χ4n) is 2.73. The van der Waals surface area contributed by atoms with Crippen LogP contribution in [0.3, 0.4) is 0 Å². The first kappa shape index (κ1) is 15.3. The first-order chi connectivity index (χ1) is 12.3. The van der Waals surface area contributed by atoms with Gasteiger partial charge in [-0.1, -0.05) is 17.3 Å². The Hall–Kier alpha value is -3.22. The normalized spacial score (nSPS) is 12.2. The molecule has 0 fully saturated rings. The van der Waals surface area contributed by atoms with E-state index in [0.717, 1.165) is 17.1 Å². The summed E-state index contributed by atoms with van der Waals surface area (Å²) in [7, 11) is 3.18. The van der Waals surface area contributed by atoms with E-state index in [1.165, 1.54) is 0 Å². The molecule has 3 aromatic rings. The van der Waals surface area contributed by atoms with E-state index in [-0.39, 0.29) is 6.79 Å². The van der Waals surface area contributed by atoms with Crippen LogP contribution in [0.4, 0.5) is 0 Å². The van der Waals surface area contributed by atoms with E-state index in [9.17, 15) is 0 Å². The third-order valence-electron chi connectivity index (χ3n) is 3.91. The SMILES string of the molecule is COc1cccc(OC)c1-c1noc(Cc2ccc3c(c2)OCO3)n1. The monoisotopic (exact) mass is 340 g/mol. The summed E-state index contributed by atoms with van der Waals surface area (Å²) in [5.41, 5.74) is 1.65. The maximum atomic E-state index is 5.40. The van der Waals surface area contributed by atoms with Crippen molar-refractivity contribution in [3.8, 4) is 34.4 Å². The molecule has 0 N–H and O–H groups in total. The van der Waals surface area contributed by atoms with Crippen LogP contribution in [0.15, 0.2) is 40.9 Å². The lowest BCUT2D eigenvalue weighted by molar-refractivity contribution is 0.174. The molecule has 1 aliphatic rings. The molecule has 1 aliphatic heterocycles. The second-order valence-electron chi connectivity index (χ2n) is 5.41. The van der Waals surface area contributed by atoms with Crippen molar-refractivity contribution in [3.05, 3.63) is 47.9 Å². The van der Waals surface area contributed by atoms with Gasteiger partial charge in [-0.3, -0.25) is 0 Å². The molecule has 0 amide bonds. The summed E-state index contributed by atoms with van der Waals surface area (Å²) in [5, 5.41) is 4.07. The molecule has 0 saturated heterocycles. The fraction of sp³-hybridized carbons (Fsp3) is 0.222. The van der Waals surface area contributed by atoms with E-state index in [0.29, 0.717) is 35.2 Å². The molecular weight excluding hydrogens is 324 g/mol. The maximum Gasteiger partial charge on any atom is 0.231 e. The maximum absolute atomic E-state index is 5.40. The number of benzene rings is 2. The minimum absolute atomic E-state index is 0.247. The van der Waals surface area contributed by atoms with Crippen molar-refractivity contribution in [1.82, 2.24) is 10.1 Å². The Morgan fingerprint density at radius 1 is 1.00 bits per heavy atom. The van der Waals surface area contributed by atoms with Crippen molar-refractivity contribution in [1.29, 1.82) is 0 Å². The van der Waals surface area contributed by atoms with E-state index < -0.39 is 0 Å². The zero-order valence-electron chi connectivity index (χ0n) is 13.8. The standard InChI is InChI=1S/C18H16N2O5/c1-21-13-4-3-5-14(22-2)17(13)18-19-16(25-20-18)9-11-6-7-12-15(8-11)24-10-23-12/h3-8H,9-10H2,1-2H3. The average Bonchev–Trinajstić information content (AvgIpc) is 3.29. The zero-order chi connectivity index (χ0) is 17.2. The minimum Gasteiger partial charge on any atom is -0.496 e. The summed E-state index contributed by atoms with van der Waals surface area (Å²) in [6, 6.07) is 11.2. The molecule has 0 unspecified atom stereocenters. The van der Waals surface area contributed by atoms with Crippen LogP contribution in [-0.4, -0.2) is 31.2 Å². The fourth-order valence-corrected chi connectivity index (χ4v) is 2.73. The van der Waals surface area contributed by atoms with Crippen LogP contribution >= 0.6 is 0 Å². The van der Waals surface area contributed by atoms with Crippen LogP contribution in [-0.2, 0) is 6.42 Å². The average molecular weight is 340 g/mol. The number of aromatic nitrogens is 2. The molecule has 4 rings (SSSR count). The van der Waals surface area contributed by atoms with Gasteiger partial charge in [-0.15, -0.1) is 0 Å². The topological polar surface area (TPSA) is 75.8 Å². The lowest BCUT2D eigenvalue weighted by Crippen LogP contribution is -1.94. The number of fused-ring (bicyclic) bond motifs is 1. The van der Waals surface area contributed by atoms with Gasteiger partial charge in [0.05, 0.1) is 20.6 Å². The minimum atomic E-state index is 0.247. The van der Waals surface area contributed by atoms with Crippen molar-refractivity contribution in [3.63, 3.8) is 0 Å². The molecule has 128 valence electrons. The number of ether oxygens (including phenoxy) is 4. The molecule has 7 heteroatoms. The van der Waals surface area contributed by atoms with Crippen molar-refractivity contribution >= 4 is 0 Å². The molecule has 0 bridgehead atoms. The summed E-state index contributed by atoms with van der Waals surface area (Å²) in [6.07, 6.45) is 0.487. The van der Waals surface area contributed by atoms with Crippen LogP contribution in [0.25, 0.3) is 11.4 Å². The van der Waals surface area contributed by atoms with Gasteiger partial charge in [-0.2, -0.15) is 4.98 Å². The summed E-state index contributed by atoms with van der Waals surface area (Å²) in [6.45, 7) is 0.247. The highest BCUT2D eigenvalue weighted by Crippen LogP contribution is 2.37. The number of hydrogen-bond donors (Lipinski definition) is 0. The van der Waals surface area contributed by atoms with E-state index in [2.05, 4.69) is 10.1 Å². The molecule has 0 saturated carbocycles. The Labute approximate surface area is 144 Å². The van der Waals surface area contributed by atoms with Gasteiger partial charge in [0, 0.05) is 0 Å². The lowest BCUT2D eigenvalue weighted by atomic mass is 10.1. The number of rotatable bonds is 5. The molecule has 2 heterocycles. The van der Waals surface area contributed by atoms with Gasteiger partial charge in [0.1, 0.15) is 17.1 Å². The van der Waals surface area contributed by atoms with Gasteiger partial charge in [0.25, 0.3) is 0 Å². The Kier molecular flexibility index (Phi) is 3.89. The molecule has 0 radical (unpaired) electrons. The summed E-state index contributed by atoms with van der Waals surface area (Å²) in [4.78, 5) is 4.48. The third-order valence-corrected chi connectivity index (χ3v) is 3.91. The predicted molar refractivity (Wildman–Crippen MR) is 88.2 cm³/mol. The summed E-state index contributed by atoms with van der Waals surface area (Å²) in [5.74, 6) is 3.62. The second-order valence-corrected chi connectivity index (χ2v) is 5.41. The zero-order valence-corrected chi connectivity index (χ0v) is 13.8. The van der Waals surface area contributed by atoms with E-state index in [4.69, 9.17) is 23.5 Å². The predicted octanol–water partition coefficient (Wildman–Crippen LogP) is 3.07. The van der Waals surface area contributed by atoms with E-state index in [1.807, 2.05) is 36.4 Å². The quantitative estimate of drug-likeness (QED) is 0.706. The lowest BCUT2D eigenvalue weighted by Gasteiger charge is -2.09. The van der Waals surface area contributed by atoms with Crippen LogP contribution < -0.4 is 18.9 Å². The highest BCUT2D eigenvalue weighted by Gasteiger charge is 2.19. The van der Waals surface area contributed by atoms with Gasteiger partial charge in [-0.25, -0.2) is 0 Å². The highest BCUT2D eigenvalue weighted by atomic mass is 16.7. The molecule has 7 nitrogen and oxygen atoms in total. The summed E-state index contributed by atoms with van der Waals surface area (Å²) < 4.78 is 26.9. The second kappa shape index (κ2) is 6.35. The van der Waals surface area contributed by atoms with Crippen molar-refractivity contribution in [2.45, 2.75) is 6.42 Å². The molecule has 0 atom stereocenters. The van der Waals surface area contributed by atoms with Crippen LogP contribution in [0.5, 0.6) is 23.0 Å². The van der Waals surface area contributed by atoms with Gasteiger partial charge >= 0.3 is 0 Å². The molecule has 1 aromatic heterocycles. The Morgan fingerprint density at radius 2 is 1.76 bits per heavy atom. The Morgan fingerprint density at radius 3 is 2.52 bits per heavy atom. The molecular formula is C18H16N2O5. The van der Waals surface area contributed by atoms with Gasteiger partial charge in [0.2, 0.25) is 18.5 Å². The number of methoxy groups -OCH3 is 2. The Balaban J connectivity index is 1.63. The van der Waals surface area contributed by atoms with Gasteiger partial charge < -0.3 is 23.5 Å². The molecule has 2 aromatic carbocycles. The van der Waals surface area contributed by atoms with Crippen LogP contribution in [0, 0.1) is 0 Å². The molecule has 25 heavy (non-hydrogen) atoms. The van der Waals surface area contributed by atoms with Crippen molar-refractivity contribution < 1.29 is 23.5 Å². The number of hydrogen-bond acceptors (Lipinski definition) is 7. The van der Waals surface area contributed by atoms with E-state index in [1.54, 1.807) is 14.2 Å². The van der Waals surface area contributed by atoms with Gasteiger partial charge in [-0.05, 0) is 29.8 Å². The first-order valence-electron chi connectivity index (χ1n) is 7.71. The van der Waals surface area contributed by atoms with Crippen molar-refractivity contribution in [2.75, 3.05) is 21.0 Å². The first-order valence-corrected chi connectivity index (χ1v) is 7.71. The third kappa shape index (κ3) is 2.84. The number of nitrogens with zero attached hydrogens (tertiary/aromatic N) is 2.